The van der Waals surface area contributed by atoms with Crippen molar-refractivity contribution in [2.24, 2.45) is 0 Å². The molecule has 22 heavy (non-hydrogen) atoms. The van der Waals surface area contributed by atoms with Gasteiger partial charge in [-0.25, -0.2) is 4.98 Å². The van der Waals surface area contributed by atoms with E-state index in [0.29, 0.717) is 17.3 Å². The fourth-order valence-corrected chi connectivity index (χ4v) is 2.22. The minimum Gasteiger partial charge on any atom is -0.441 e. The quantitative estimate of drug-likeness (QED) is 0.794. The van der Waals surface area contributed by atoms with Crippen LogP contribution >= 0.6 is 0 Å². The van der Waals surface area contributed by atoms with Gasteiger partial charge in [0.15, 0.2) is 0 Å². The Morgan fingerprint density at radius 2 is 1.95 bits per heavy atom. The minimum atomic E-state index is -0.00210. The zero-order valence-corrected chi connectivity index (χ0v) is 13.6. The molecule has 0 aliphatic heterocycles. The van der Waals surface area contributed by atoms with E-state index >= 15 is 0 Å². The summed E-state index contributed by atoms with van der Waals surface area (Å²) >= 11 is 0. The average Bonchev–Trinajstić information content (AvgIpc) is 2.88. The van der Waals surface area contributed by atoms with E-state index in [-0.39, 0.29) is 12.3 Å². The van der Waals surface area contributed by atoms with E-state index < -0.39 is 0 Å². The summed E-state index contributed by atoms with van der Waals surface area (Å²) in [5, 5.41) is 2.90. The first-order chi connectivity index (χ1) is 10.6. The third-order valence-corrected chi connectivity index (χ3v) is 3.68. The topological polar surface area (TPSA) is 55.1 Å². The van der Waals surface area contributed by atoms with E-state index in [4.69, 9.17) is 4.42 Å². The van der Waals surface area contributed by atoms with Gasteiger partial charge < -0.3 is 9.73 Å². The number of aryl methyl sites for hydroxylation is 2. The van der Waals surface area contributed by atoms with E-state index in [9.17, 15) is 4.79 Å². The second-order valence-corrected chi connectivity index (χ2v) is 5.45. The predicted octanol–water partition coefficient (Wildman–Crippen LogP) is 3.67. The molecule has 0 spiro atoms. The average molecular weight is 300 g/mol. The van der Waals surface area contributed by atoms with Crippen molar-refractivity contribution in [1.82, 2.24) is 10.3 Å². The van der Waals surface area contributed by atoms with Crippen molar-refractivity contribution in [2.75, 3.05) is 6.54 Å². The molecule has 1 amide bonds. The van der Waals surface area contributed by atoms with E-state index in [1.165, 1.54) is 5.56 Å². The lowest BCUT2D eigenvalue weighted by Gasteiger charge is -2.02. The molecule has 0 aliphatic rings. The molecule has 1 N–H and O–H groups in total. The molecular weight excluding hydrogens is 276 g/mol. The Hall–Kier alpha value is -2.10. The van der Waals surface area contributed by atoms with Gasteiger partial charge in [-0.1, -0.05) is 32.4 Å². The molecule has 2 rings (SSSR count). The summed E-state index contributed by atoms with van der Waals surface area (Å²) in [6.07, 6.45) is 3.35. The summed E-state index contributed by atoms with van der Waals surface area (Å²) in [6, 6.07) is 8.17. The van der Waals surface area contributed by atoms with Crippen LogP contribution in [-0.2, 0) is 17.6 Å². The Kier molecular flexibility index (Phi) is 5.75. The van der Waals surface area contributed by atoms with Crippen molar-refractivity contribution in [3.63, 3.8) is 0 Å². The first-order valence-corrected chi connectivity index (χ1v) is 7.96. The van der Waals surface area contributed by atoms with Crippen LogP contribution in [0.15, 0.2) is 28.7 Å². The van der Waals surface area contributed by atoms with Gasteiger partial charge in [-0.3, -0.25) is 4.79 Å². The molecule has 4 nitrogen and oxygen atoms in total. The number of hydrogen-bond acceptors (Lipinski definition) is 3. The zero-order chi connectivity index (χ0) is 15.9. The van der Waals surface area contributed by atoms with Crippen LogP contribution in [0.25, 0.3) is 11.5 Å². The fourth-order valence-electron chi connectivity index (χ4n) is 2.22. The van der Waals surface area contributed by atoms with Gasteiger partial charge in [-0.2, -0.15) is 0 Å². The molecule has 0 bridgehead atoms. The van der Waals surface area contributed by atoms with Crippen LogP contribution < -0.4 is 5.32 Å². The minimum absolute atomic E-state index is 0.00210. The molecular formula is C18H24N2O2. The maximum absolute atomic E-state index is 11.9. The van der Waals surface area contributed by atoms with Crippen molar-refractivity contribution in [2.45, 2.75) is 46.5 Å². The molecule has 1 aromatic carbocycles. The fraction of sp³-hybridized carbons (Fsp3) is 0.444. The normalized spacial score (nSPS) is 10.7. The summed E-state index contributed by atoms with van der Waals surface area (Å²) < 4.78 is 5.71. The molecule has 1 aromatic heterocycles. The number of nitrogens with one attached hydrogen (secondary N) is 1. The summed E-state index contributed by atoms with van der Waals surface area (Å²) in [7, 11) is 0. The number of aromatic nitrogens is 1. The number of benzene rings is 1. The van der Waals surface area contributed by atoms with Crippen LogP contribution in [0.5, 0.6) is 0 Å². The number of carbonyl (C=O) groups excluding carboxylic acids is 1. The summed E-state index contributed by atoms with van der Waals surface area (Å²) in [6.45, 7) is 6.80. The van der Waals surface area contributed by atoms with Gasteiger partial charge in [0.2, 0.25) is 11.8 Å². The van der Waals surface area contributed by atoms with E-state index in [1.807, 2.05) is 19.1 Å². The molecule has 118 valence electrons. The van der Waals surface area contributed by atoms with Crippen molar-refractivity contribution >= 4 is 5.91 Å². The van der Waals surface area contributed by atoms with Crippen LogP contribution in [0.4, 0.5) is 0 Å². The van der Waals surface area contributed by atoms with Gasteiger partial charge in [0.25, 0.3) is 0 Å². The van der Waals surface area contributed by atoms with Crippen molar-refractivity contribution in [3.05, 3.63) is 41.3 Å². The highest BCUT2D eigenvalue weighted by atomic mass is 16.4. The third-order valence-electron chi connectivity index (χ3n) is 3.68. The maximum atomic E-state index is 11.9. The molecule has 0 saturated carbocycles. The van der Waals surface area contributed by atoms with Crippen LogP contribution in [0.2, 0.25) is 0 Å². The second-order valence-electron chi connectivity index (χ2n) is 5.45. The molecule has 0 saturated heterocycles. The lowest BCUT2D eigenvalue weighted by molar-refractivity contribution is -0.120. The predicted molar refractivity (Wildman–Crippen MR) is 87.7 cm³/mol. The van der Waals surface area contributed by atoms with Gasteiger partial charge in [0.05, 0.1) is 12.1 Å². The Morgan fingerprint density at radius 3 is 2.59 bits per heavy atom. The molecule has 0 radical (unpaired) electrons. The Bertz CT molecular complexity index is 615. The monoisotopic (exact) mass is 300 g/mol. The van der Waals surface area contributed by atoms with E-state index in [0.717, 1.165) is 31.4 Å². The van der Waals surface area contributed by atoms with Gasteiger partial charge in [0.1, 0.15) is 5.76 Å². The van der Waals surface area contributed by atoms with Crippen LogP contribution in [0, 0.1) is 6.92 Å². The number of nitrogens with zero attached hydrogens (tertiary/aromatic N) is 1. The highest BCUT2D eigenvalue weighted by Gasteiger charge is 2.14. The molecule has 0 aliphatic carbocycles. The Labute approximate surface area is 131 Å². The summed E-state index contributed by atoms with van der Waals surface area (Å²) in [5.74, 6) is 1.29. The van der Waals surface area contributed by atoms with Crippen LogP contribution in [-0.4, -0.2) is 17.4 Å². The van der Waals surface area contributed by atoms with Gasteiger partial charge in [0, 0.05) is 12.1 Å². The van der Waals surface area contributed by atoms with E-state index in [2.05, 4.69) is 36.3 Å². The van der Waals surface area contributed by atoms with Gasteiger partial charge >= 0.3 is 0 Å². The van der Waals surface area contributed by atoms with Crippen molar-refractivity contribution < 1.29 is 9.21 Å². The van der Waals surface area contributed by atoms with Gasteiger partial charge in [-0.05, 0) is 37.5 Å². The molecule has 0 atom stereocenters. The Balaban J connectivity index is 2.05. The summed E-state index contributed by atoms with van der Waals surface area (Å²) in [5.41, 5.74) is 2.93. The standard InChI is InChI=1S/C18H24N2O2/c1-4-6-11-19-17(21)12-16-13(3)22-18(20-16)15-9-7-14(5-2)8-10-15/h7-10H,4-6,11-12H2,1-3H3,(H,19,21). The smallest absolute Gasteiger partial charge is 0.226 e. The third kappa shape index (κ3) is 4.20. The maximum Gasteiger partial charge on any atom is 0.226 e. The highest BCUT2D eigenvalue weighted by Crippen LogP contribution is 2.22. The first kappa shape index (κ1) is 16.3. The molecule has 0 unspecified atom stereocenters. The zero-order valence-electron chi connectivity index (χ0n) is 13.6. The number of oxazole rings is 1. The van der Waals surface area contributed by atoms with Crippen LogP contribution in [0.1, 0.15) is 43.7 Å². The lowest BCUT2D eigenvalue weighted by Crippen LogP contribution is -2.26. The number of unbranched alkanes of at least 4 members (excludes halogenated alkanes) is 1. The number of rotatable bonds is 7. The largest absolute Gasteiger partial charge is 0.441 e. The van der Waals surface area contributed by atoms with E-state index in [1.54, 1.807) is 0 Å². The van der Waals surface area contributed by atoms with Crippen LogP contribution in [0.3, 0.4) is 0 Å². The molecule has 1 heterocycles. The molecule has 4 heteroatoms. The van der Waals surface area contributed by atoms with Gasteiger partial charge in [-0.15, -0.1) is 0 Å². The number of hydrogen-bond donors (Lipinski definition) is 1. The summed E-state index contributed by atoms with van der Waals surface area (Å²) in [4.78, 5) is 16.4. The molecule has 0 fully saturated rings. The highest BCUT2D eigenvalue weighted by molar-refractivity contribution is 5.78. The second kappa shape index (κ2) is 7.78. The number of carbonyl (C=O) groups is 1. The Morgan fingerprint density at radius 1 is 1.23 bits per heavy atom. The SMILES string of the molecule is CCCCNC(=O)Cc1nc(-c2ccc(CC)cc2)oc1C. The lowest BCUT2D eigenvalue weighted by atomic mass is 10.1. The molecule has 2 aromatic rings. The first-order valence-electron chi connectivity index (χ1n) is 7.96. The van der Waals surface area contributed by atoms with Crippen molar-refractivity contribution in [3.8, 4) is 11.5 Å². The number of amides is 1. The van der Waals surface area contributed by atoms with Crippen molar-refractivity contribution in [1.29, 1.82) is 0 Å².